The maximum Gasteiger partial charge on any atom is 0.236 e. The van der Waals surface area contributed by atoms with E-state index < -0.39 is 0 Å². The molecule has 0 radical (unpaired) electrons. The van der Waals surface area contributed by atoms with Gasteiger partial charge in [-0.3, -0.25) is 0 Å². The van der Waals surface area contributed by atoms with Gasteiger partial charge in [-0.2, -0.15) is 5.10 Å². The smallest absolute Gasteiger partial charge is 0.236 e. The van der Waals surface area contributed by atoms with Crippen molar-refractivity contribution in [3.8, 4) is 5.88 Å². The van der Waals surface area contributed by atoms with E-state index in [1.165, 1.54) is 0 Å². The first-order chi connectivity index (χ1) is 4.75. The van der Waals surface area contributed by atoms with Crippen LogP contribution in [-0.4, -0.2) is 17.3 Å². The highest BCUT2D eigenvalue weighted by Gasteiger charge is 2.00. The molecule has 0 N–H and O–H groups in total. The second-order valence-electron chi connectivity index (χ2n) is 2.16. The van der Waals surface area contributed by atoms with Gasteiger partial charge in [0.2, 0.25) is 5.88 Å². The lowest BCUT2D eigenvalue weighted by Gasteiger charge is -2.02. The monoisotopic (exact) mass is 138 g/mol. The minimum Gasteiger partial charge on any atom is -0.480 e. The van der Waals surface area contributed by atoms with Gasteiger partial charge in [0.1, 0.15) is 0 Å². The summed E-state index contributed by atoms with van der Waals surface area (Å²) in [5.41, 5.74) is 2.16. The maximum atomic E-state index is 4.95. The van der Waals surface area contributed by atoms with Crippen molar-refractivity contribution in [3.05, 3.63) is 17.3 Å². The molecule has 0 fully saturated rings. The number of nitrogens with zero attached hydrogens (tertiary/aromatic N) is 2. The third-order valence-corrected chi connectivity index (χ3v) is 1.51. The van der Waals surface area contributed by atoms with Gasteiger partial charge in [-0.15, -0.1) is 5.10 Å². The lowest BCUT2D eigenvalue weighted by Crippen LogP contribution is -1.95. The van der Waals surface area contributed by atoms with Gasteiger partial charge >= 0.3 is 0 Å². The van der Waals surface area contributed by atoms with Crippen LogP contribution in [0.4, 0.5) is 0 Å². The highest BCUT2D eigenvalue weighted by Crippen LogP contribution is 2.14. The van der Waals surface area contributed by atoms with E-state index in [1.54, 1.807) is 13.3 Å². The minimum absolute atomic E-state index is 0.611. The quantitative estimate of drug-likeness (QED) is 0.583. The number of rotatable bonds is 1. The first-order valence-corrected chi connectivity index (χ1v) is 3.08. The second kappa shape index (κ2) is 2.64. The molecule has 10 heavy (non-hydrogen) atoms. The maximum absolute atomic E-state index is 4.95. The van der Waals surface area contributed by atoms with Crippen LogP contribution in [0.5, 0.6) is 5.88 Å². The van der Waals surface area contributed by atoms with Gasteiger partial charge in [0.15, 0.2) is 0 Å². The third-order valence-electron chi connectivity index (χ3n) is 1.51. The fourth-order valence-electron chi connectivity index (χ4n) is 0.702. The number of hydrogen-bond donors (Lipinski definition) is 0. The summed E-state index contributed by atoms with van der Waals surface area (Å²) in [7, 11) is 1.59. The summed E-state index contributed by atoms with van der Waals surface area (Å²) in [4.78, 5) is 0. The highest BCUT2D eigenvalue weighted by atomic mass is 16.5. The average molecular weight is 138 g/mol. The van der Waals surface area contributed by atoms with E-state index in [0.29, 0.717) is 5.88 Å². The molecule has 0 unspecified atom stereocenters. The van der Waals surface area contributed by atoms with Gasteiger partial charge in [-0.05, 0) is 19.4 Å². The Hall–Kier alpha value is -1.12. The standard InChI is InChI=1S/C7H10N2O/c1-5-4-8-9-7(10-3)6(5)2/h4H,1-3H3. The van der Waals surface area contributed by atoms with E-state index in [9.17, 15) is 0 Å². The molecule has 0 bridgehead atoms. The van der Waals surface area contributed by atoms with Gasteiger partial charge in [0.25, 0.3) is 0 Å². The normalized spacial score (nSPS) is 9.50. The summed E-state index contributed by atoms with van der Waals surface area (Å²) in [6.45, 7) is 3.94. The van der Waals surface area contributed by atoms with Crippen LogP contribution in [-0.2, 0) is 0 Å². The van der Waals surface area contributed by atoms with Gasteiger partial charge in [0.05, 0.1) is 13.3 Å². The summed E-state index contributed by atoms with van der Waals surface area (Å²) >= 11 is 0. The van der Waals surface area contributed by atoms with Crippen molar-refractivity contribution in [1.82, 2.24) is 10.2 Å². The molecule has 0 aliphatic heterocycles. The topological polar surface area (TPSA) is 35.0 Å². The van der Waals surface area contributed by atoms with Crippen molar-refractivity contribution in [2.45, 2.75) is 13.8 Å². The molecule has 0 saturated heterocycles. The molecule has 0 aliphatic rings. The van der Waals surface area contributed by atoms with Crippen LogP contribution in [0.25, 0.3) is 0 Å². The van der Waals surface area contributed by atoms with Crippen molar-refractivity contribution < 1.29 is 4.74 Å². The number of ether oxygens (including phenoxy) is 1. The highest BCUT2D eigenvalue weighted by molar-refractivity contribution is 5.28. The van der Waals surface area contributed by atoms with Crippen LogP contribution < -0.4 is 4.74 Å². The molecule has 1 aromatic rings. The summed E-state index contributed by atoms with van der Waals surface area (Å²) < 4.78 is 4.95. The molecule has 54 valence electrons. The molecule has 0 atom stereocenters. The van der Waals surface area contributed by atoms with Crippen LogP contribution in [0.2, 0.25) is 0 Å². The molecular weight excluding hydrogens is 128 g/mol. The summed E-state index contributed by atoms with van der Waals surface area (Å²) in [6.07, 6.45) is 1.72. The zero-order valence-corrected chi connectivity index (χ0v) is 6.38. The van der Waals surface area contributed by atoms with Crippen LogP contribution in [0.15, 0.2) is 6.20 Å². The van der Waals surface area contributed by atoms with Crippen molar-refractivity contribution in [3.63, 3.8) is 0 Å². The molecular formula is C7H10N2O. The van der Waals surface area contributed by atoms with E-state index in [-0.39, 0.29) is 0 Å². The molecule has 0 aliphatic carbocycles. The van der Waals surface area contributed by atoms with E-state index in [0.717, 1.165) is 11.1 Å². The van der Waals surface area contributed by atoms with Crippen molar-refractivity contribution >= 4 is 0 Å². The molecule has 0 saturated carbocycles. The van der Waals surface area contributed by atoms with E-state index in [2.05, 4.69) is 10.2 Å². The Morgan fingerprint density at radius 2 is 2.10 bits per heavy atom. The van der Waals surface area contributed by atoms with Crippen LogP contribution >= 0.6 is 0 Å². The average Bonchev–Trinajstić information content (AvgIpc) is 1.95. The molecule has 1 aromatic heterocycles. The Balaban J connectivity index is 3.14. The fourth-order valence-corrected chi connectivity index (χ4v) is 0.702. The molecule has 3 heteroatoms. The molecule has 3 nitrogen and oxygen atoms in total. The summed E-state index contributed by atoms with van der Waals surface area (Å²) in [5, 5.41) is 7.53. The third kappa shape index (κ3) is 1.07. The molecule has 1 heterocycles. The number of aromatic nitrogens is 2. The predicted octanol–water partition coefficient (Wildman–Crippen LogP) is 1.10. The first-order valence-electron chi connectivity index (χ1n) is 3.08. The number of hydrogen-bond acceptors (Lipinski definition) is 3. The van der Waals surface area contributed by atoms with Gasteiger partial charge in [-0.25, -0.2) is 0 Å². The summed E-state index contributed by atoms with van der Waals surface area (Å²) in [6, 6.07) is 0. The Bertz CT molecular complexity index is 235. The number of aryl methyl sites for hydroxylation is 1. The SMILES string of the molecule is COc1nncc(C)c1C. The number of methoxy groups -OCH3 is 1. The Labute approximate surface area is 60.0 Å². The molecule has 0 amide bonds. The van der Waals surface area contributed by atoms with Gasteiger partial charge < -0.3 is 4.74 Å². The van der Waals surface area contributed by atoms with E-state index in [1.807, 2.05) is 13.8 Å². The second-order valence-corrected chi connectivity index (χ2v) is 2.16. The fraction of sp³-hybridized carbons (Fsp3) is 0.429. The van der Waals surface area contributed by atoms with Crippen LogP contribution in [0.3, 0.4) is 0 Å². The zero-order chi connectivity index (χ0) is 7.56. The van der Waals surface area contributed by atoms with Crippen molar-refractivity contribution in [1.29, 1.82) is 0 Å². The summed E-state index contributed by atoms with van der Waals surface area (Å²) in [5.74, 6) is 0.611. The predicted molar refractivity (Wildman–Crippen MR) is 38.1 cm³/mol. The van der Waals surface area contributed by atoms with E-state index >= 15 is 0 Å². The Kier molecular flexibility index (Phi) is 1.85. The van der Waals surface area contributed by atoms with Gasteiger partial charge in [0, 0.05) is 5.56 Å². The first kappa shape index (κ1) is 6.99. The van der Waals surface area contributed by atoms with E-state index in [4.69, 9.17) is 4.74 Å². The lowest BCUT2D eigenvalue weighted by atomic mass is 10.2. The van der Waals surface area contributed by atoms with Crippen molar-refractivity contribution in [2.24, 2.45) is 0 Å². The molecule has 0 aromatic carbocycles. The van der Waals surface area contributed by atoms with Crippen LogP contribution in [0.1, 0.15) is 11.1 Å². The van der Waals surface area contributed by atoms with Crippen LogP contribution in [0, 0.1) is 13.8 Å². The largest absolute Gasteiger partial charge is 0.480 e. The van der Waals surface area contributed by atoms with Gasteiger partial charge in [-0.1, -0.05) is 0 Å². The molecule has 0 spiro atoms. The minimum atomic E-state index is 0.611. The van der Waals surface area contributed by atoms with Crippen molar-refractivity contribution in [2.75, 3.05) is 7.11 Å². The molecule has 1 rings (SSSR count). The lowest BCUT2D eigenvalue weighted by molar-refractivity contribution is 0.388. The Morgan fingerprint density at radius 1 is 1.40 bits per heavy atom. The Morgan fingerprint density at radius 3 is 2.60 bits per heavy atom. The zero-order valence-electron chi connectivity index (χ0n) is 6.38.